The lowest BCUT2D eigenvalue weighted by Gasteiger charge is -2.22. The summed E-state index contributed by atoms with van der Waals surface area (Å²) in [5.41, 5.74) is 0.121. The van der Waals surface area contributed by atoms with Crippen molar-refractivity contribution in [3.8, 4) is 5.75 Å². The summed E-state index contributed by atoms with van der Waals surface area (Å²) in [6, 6.07) is 1.72. The molecule has 3 rings (SSSR count). The number of aliphatic hydroxyl groups excluding tert-OH is 1. The zero-order valence-corrected chi connectivity index (χ0v) is 9.82. The summed E-state index contributed by atoms with van der Waals surface area (Å²) in [4.78, 5) is 12.0. The molecule has 17 heavy (non-hydrogen) atoms. The number of ether oxygens (including phenoxy) is 1. The van der Waals surface area contributed by atoms with Crippen LogP contribution in [0.4, 0.5) is 0 Å². The lowest BCUT2D eigenvalue weighted by molar-refractivity contribution is 0.155. The maximum Gasteiger partial charge on any atom is 0.343 e. The third-order valence-corrected chi connectivity index (χ3v) is 3.98. The quantitative estimate of drug-likeness (QED) is 0.687. The molecule has 4 heteroatoms. The van der Waals surface area contributed by atoms with Gasteiger partial charge in [0, 0.05) is 12.5 Å². The van der Waals surface area contributed by atoms with Crippen LogP contribution in [-0.4, -0.2) is 17.3 Å². The minimum atomic E-state index is -0.622. The Hall–Kier alpha value is -1.55. The first-order valence-corrected chi connectivity index (χ1v) is 5.64. The van der Waals surface area contributed by atoms with Gasteiger partial charge in [0.1, 0.15) is 17.6 Å². The smallest absolute Gasteiger partial charge is 0.343 e. The molecule has 2 aliphatic rings. The number of hydrogen-bond donors (Lipinski definition) is 1. The molecular formula is C13H14O4. The zero-order valence-electron chi connectivity index (χ0n) is 9.82. The van der Waals surface area contributed by atoms with Gasteiger partial charge in [-0.15, -0.1) is 0 Å². The lowest BCUT2D eigenvalue weighted by Crippen LogP contribution is -2.34. The molecule has 1 aliphatic heterocycles. The molecule has 90 valence electrons. The van der Waals surface area contributed by atoms with Gasteiger partial charge in [0.15, 0.2) is 0 Å². The molecule has 2 heterocycles. The van der Waals surface area contributed by atoms with Crippen LogP contribution < -0.4 is 10.4 Å². The first-order valence-electron chi connectivity index (χ1n) is 5.64. The zero-order chi connectivity index (χ0) is 12.4. The molecule has 1 aliphatic carbocycles. The van der Waals surface area contributed by atoms with Crippen LogP contribution in [0.25, 0.3) is 0 Å². The van der Waals surface area contributed by atoms with Crippen LogP contribution in [0.3, 0.4) is 0 Å². The lowest BCUT2D eigenvalue weighted by atomic mass is 9.78. The molecule has 0 aromatic carbocycles. The van der Waals surface area contributed by atoms with Gasteiger partial charge in [-0.05, 0) is 19.4 Å². The van der Waals surface area contributed by atoms with Crippen LogP contribution in [0.1, 0.15) is 24.7 Å². The third-order valence-electron chi connectivity index (χ3n) is 3.98. The molecule has 1 fully saturated rings. The molecule has 0 amide bonds. The van der Waals surface area contributed by atoms with Crippen molar-refractivity contribution in [2.24, 2.45) is 0 Å². The molecule has 1 aromatic rings. The fourth-order valence-electron chi connectivity index (χ4n) is 2.92. The van der Waals surface area contributed by atoms with Crippen molar-refractivity contribution in [2.75, 3.05) is 0 Å². The van der Waals surface area contributed by atoms with Crippen LogP contribution in [0.2, 0.25) is 0 Å². The fourth-order valence-corrected chi connectivity index (χ4v) is 2.92. The first kappa shape index (κ1) is 10.6. The van der Waals surface area contributed by atoms with Crippen LogP contribution in [0.5, 0.6) is 5.75 Å². The van der Waals surface area contributed by atoms with Gasteiger partial charge in [0.25, 0.3) is 0 Å². The van der Waals surface area contributed by atoms with Crippen molar-refractivity contribution in [1.82, 2.24) is 0 Å². The highest BCUT2D eigenvalue weighted by Crippen LogP contribution is 2.52. The van der Waals surface area contributed by atoms with Crippen molar-refractivity contribution in [3.05, 3.63) is 40.0 Å². The second-order valence-corrected chi connectivity index (χ2v) is 4.97. The predicted octanol–water partition coefficient (Wildman–Crippen LogP) is 1.29. The largest absolute Gasteiger partial charge is 0.488 e. The minimum Gasteiger partial charge on any atom is -0.488 e. The Labute approximate surface area is 98.5 Å². The van der Waals surface area contributed by atoms with E-state index < -0.39 is 11.5 Å². The first-order chi connectivity index (χ1) is 7.94. The highest BCUT2D eigenvalue weighted by Gasteiger charge is 2.56. The van der Waals surface area contributed by atoms with Gasteiger partial charge < -0.3 is 14.3 Å². The Balaban J connectivity index is 2.28. The Morgan fingerprint density at radius 3 is 3.00 bits per heavy atom. The summed E-state index contributed by atoms with van der Waals surface area (Å²) < 4.78 is 10.9. The van der Waals surface area contributed by atoms with E-state index in [1.165, 1.54) is 0 Å². The molecule has 0 unspecified atom stereocenters. The van der Waals surface area contributed by atoms with Crippen LogP contribution in [0.15, 0.2) is 27.4 Å². The standard InChI is InChI=1S/C13H14O4/c1-6-4-9-11(12(15)16-6)13(3)7(2)8(14)5-10(13)17-9/h4,8,10,14H,2,5H2,1,3H3/t8-,10+,13-/m0/s1. The number of aryl methyl sites for hydroxylation is 1. The van der Waals surface area contributed by atoms with Crippen LogP contribution >= 0.6 is 0 Å². The van der Waals surface area contributed by atoms with Crippen LogP contribution in [-0.2, 0) is 5.41 Å². The molecule has 0 saturated heterocycles. The molecule has 1 N–H and O–H groups in total. The van der Waals surface area contributed by atoms with E-state index in [2.05, 4.69) is 6.58 Å². The van der Waals surface area contributed by atoms with E-state index >= 15 is 0 Å². The van der Waals surface area contributed by atoms with Gasteiger partial charge >= 0.3 is 5.63 Å². The van der Waals surface area contributed by atoms with E-state index in [-0.39, 0.29) is 11.7 Å². The van der Waals surface area contributed by atoms with Gasteiger partial charge in [0.05, 0.1) is 17.1 Å². The normalized spacial score (nSPS) is 34.4. The molecular weight excluding hydrogens is 220 g/mol. The van der Waals surface area contributed by atoms with Crippen molar-refractivity contribution in [2.45, 2.75) is 37.9 Å². The topological polar surface area (TPSA) is 59.7 Å². The highest BCUT2D eigenvalue weighted by atomic mass is 16.5. The van der Waals surface area contributed by atoms with Crippen molar-refractivity contribution < 1.29 is 14.3 Å². The molecule has 1 aromatic heterocycles. The number of aliphatic hydroxyl groups is 1. The average molecular weight is 234 g/mol. The molecule has 1 saturated carbocycles. The Morgan fingerprint density at radius 1 is 1.59 bits per heavy atom. The Bertz CT molecular complexity index is 571. The van der Waals surface area contributed by atoms with E-state index in [1.54, 1.807) is 13.0 Å². The van der Waals surface area contributed by atoms with Crippen LogP contribution in [0, 0.1) is 6.92 Å². The molecule has 0 radical (unpaired) electrons. The summed E-state index contributed by atoms with van der Waals surface area (Å²) in [5, 5.41) is 9.83. The van der Waals surface area contributed by atoms with Gasteiger partial charge in [-0.3, -0.25) is 0 Å². The second kappa shape index (κ2) is 3.01. The number of hydrogen-bond acceptors (Lipinski definition) is 4. The molecule has 3 atom stereocenters. The van der Waals surface area contributed by atoms with Crippen molar-refractivity contribution in [3.63, 3.8) is 0 Å². The summed E-state index contributed by atoms with van der Waals surface area (Å²) in [6.45, 7) is 7.50. The van der Waals surface area contributed by atoms with E-state index in [4.69, 9.17) is 9.15 Å². The molecule has 4 nitrogen and oxygen atoms in total. The SMILES string of the molecule is C=C1[C@@H](O)C[C@H]2Oc3cc(C)oc(=O)c3[C@@]12C. The average Bonchev–Trinajstić information content (AvgIpc) is 2.61. The van der Waals surface area contributed by atoms with Crippen molar-refractivity contribution in [1.29, 1.82) is 0 Å². The molecule has 0 bridgehead atoms. The van der Waals surface area contributed by atoms with E-state index in [0.29, 0.717) is 29.1 Å². The van der Waals surface area contributed by atoms with E-state index in [1.807, 2.05) is 6.92 Å². The Kier molecular flexibility index (Phi) is 1.88. The van der Waals surface area contributed by atoms with Crippen molar-refractivity contribution >= 4 is 0 Å². The third kappa shape index (κ3) is 1.13. The fraction of sp³-hybridized carbons (Fsp3) is 0.462. The number of rotatable bonds is 0. The van der Waals surface area contributed by atoms with Gasteiger partial charge in [0.2, 0.25) is 0 Å². The maximum absolute atomic E-state index is 12.0. The van der Waals surface area contributed by atoms with Gasteiger partial charge in [-0.25, -0.2) is 4.79 Å². The summed E-state index contributed by atoms with van der Waals surface area (Å²) in [7, 11) is 0. The van der Waals surface area contributed by atoms with Gasteiger partial charge in [-0.2, -0.15) is 0 Å². The van der Waals surface area contributed by atoms with Gasteiger partial charge in [-0.1, -0.05) is 6.58 Å². The summed E-state index contributed by atoms with van der Waals surface area (Å²) >= 11 is 0. The summed E-state index contributed by atoms with van der Waals surface area (Å²) in [5.74, 6) is 1.10. The minimum absolute atomic E-state index is 0.218. The second-order valence-electron chi connectivity index (χ2n) is 4.97. The monoisotopic (exact) mass is 234 g/mol. The van der Waals surface area contributed by atoms with E-state index in [9.17, 15) is 9.90 Å². The number of fused-ring (bicyclic) bond motifs is 3. The Morgan fingerprint density at radius 2 is 2.29 bits per heavy atom. The summed E-state index contributed by atoms with van der Waals surface area (Å²) in [6.07, 6.45) is -0.355. The van der Waals surface area contributed by atoms with E-state index in [0.717, 1.165) is 0 Å². The molecule has 0 spiro atoms. The maximum atomic E-state index is 12.0. The highest BCUT2D eigenvalue weighted by molar-refractivity contribution is 5.52. The predicted molar refractivity (Wildman–Crippen MR) is 61.2 cm³/mol.